The predicted molar refractivity (Wildman–Crippen MR) is 188 cm³/mol. The van der Waals surface area contributed by atoms with Gasteiger partial charge in [-0.25, -0.2) is 8.42 Å². The van der Waals surface area contributed by atoms with Crippen molar-refractivity contribution in [3.63, 3.8) is 0 Å². The van der Waals surface area contributed by atoms with Crippen molar-refractivity contribution in [2.24, 2.45) is 0 Å². The minimum atomic E-state index is -4.97. The number of tetrazole rings is 1. The van der Waals surface area contributed by atoms with Gasteiger partial charge in [-0.15, -0.1) is 5.10 Å². The molecule has 0 bridgehead atoms. The molecule has 0 aliphatic carbocycles. The molecular formula is C33H27Cl2F3N6O6S2. The molecule has 1 atom stereocenters. The van der Waals surface area contributed by atoms with Gasteiger partial charge in [0.2, 0.25) is 5.16 Å². The summed E-state index contributed by atoms with van der Waals surface area (Å²) in [5.41, 5.74) is -1.62. The Hall–Kier alpha value is -4.71. The van der Waals surface area contributed by atoms with E-state index < -0.39 is 60.9 Å². The van der Waals surface area contributed by atoms with Gasteiger partial charge in [-0.3, -0.25) is 14.9 Å². The number of sulfone groups is 1. The monoisotopic (exact) mass is 794 g/mol. The lowest BCUT2D eigenvalue weighted by Gasteiger charge is -2.28. The van der Waals surface area contributed by atoms with E-state index in [4.69, 9.17) is 27.9 Å². The fraction of sp³-hybridized carbons (Fsp3) is 0.212. The molecule has 0 radical (unpaired) electrons. The number of carbonyl (C=O) groups excluding carboxylic acids is 1. The Kier molecular flexibility index (Phi) is 11.8. The van der Waals surface area contributed by atoms with Gasteiger partial charge < -0.3 is 9.64 Å². The van der Waals surface area contributed by atoms with Gasteiger partial charge in [0.05, 0.1) is 33.4 Å². The van der Waals surface area contributed by atoms with Crippen LogP contribution in [0.4, 0.5) is 23.7 Å². The third-order valence-corrected chi connectivity index (χ3v) is 10.6. The number of hydrogen-bond donors (Lipinski definition) is 0. The summed E-state index contributed by atoms with van der Waals surface area (Å²) in [7, 11) is -4.34. The molecule has 0 spiro atoms. The lowest BCUT2D eigenvalue weighted by atomic mass is 10.0. The number of hydrogen-bond acceptors (Lipinski definition) is 10. The summed E-state index contributed by atoms with van der Waals surface area (Å²) in [6.45, 7) is 3.03. The lowest BCUT2D eigenvalue weighted by molar-refractivity contribution is -0.385. The van der Waals surface area contributed by atoms with Crippen molar-refractivity contribution in [2.45, 2.75) is 48.8 Å². The molecule has 0 aliphatic rings. The second-order valence-corrected chi connectivity index (χ2v) is 15.2. The molecule has 1 heterocycles. The van der Waals surface area contributed by atoms with Gasteiger partial charge in [-0.05, 0) is 78.9 Å². The number of aromatic nitrogens is 4. The highest BCUT2D eigenvalue weighted by Crippen LogP contribution is 2.40. The number of nitrogens with zero attached hydrogens (tertiary/aromatic N) is 6. The molecule has 19 heteroatoms. The molecule has 52 heavy (non-hydrogen) atoms. The van der Waals surface area contributed by atoms with E-state index in [1.54, 1.807) is 44.2 Å². The number of halogens is 5. The predicted octanol–water partition coefficient (Wildman–Crippen LogP) is 8.61. The summed E-state index contributed by atoms with van der Waals surface area (Å²) >= 11 is 12.5. The van der Waals surface area contributed by atoms with Crippen LogP contribution in [-0.2, 0) is 22.6 Å². The Morgan fingerprint density at radius 1 is 1.00 bits per heavy atom. The highest BCUT2D eigenvalue weighted by atomic mass is 35.5. The molecule has 4 aromatic carbocycles. The Morgan fingerprint density at radius 3 is 2.31 bits per heavy atom. The van der Waals surface area contributed by atoms with Gasteiger partial charge in [-0.1, -0.05) is 47.5 Å². The number of thioether (sulfide) groups is 1. The number of alkyl halides is 3. The first-order chi connectivity index (χ1) is 24.5. The van der Waals surface area contributed by atoms with E-state index >= 15 is 0 Å². The van der Waals surface area contributed by atoms with Crippen molar-refractivity contribution in [1.82, 2.24) is 25.1 Å². The zero-order valence-corrected chi connectivity index (χ0v) is 30.2. The number of rotatable bonds is 12. The Labute approximate surface area is 309 Å². The minimum absolute atomic E-state index is 0.0101. The Balaban J connectivity index is 1.55. The van der Waals surface area contributed by atoms with Crippen LogP contribution in [0.3, 0.4) is 0 Å². The molecule has 5 aromatic rings. The van der Waals surface area contributed by atoms with Gasteiger partial charge >= 0.3 is 6.18 Å². The zero-order chi connectivity index (χ0) is 37.8. The lowest BCUT2D eigenvalue weighted by Crippen LogP contribution is -2.34. The van der Waals surface area contributed by atoms with Crippen LogP contribution in [0.2, 0.25) is 10.0 Å². The first-order valence-corrected chi connectivity index (χ1v) is 18.4. The molecule has 0 aliphatic heterocycles. The van der Waals surface area contributed by atoms with E-state index in [0.717, 1.165) is 30.3 Å². The average Bonchev–Trinajstić information content (AvgIpc) is 3.55. The second kappa shape index (κ2) is 15.9. The van der Waals surface area contributed by atoms with Gasteiger partial charge in [0.1, 0.15) is 11.9 Å². The first kappa shape index (κ1) is 38.5. The number of non-ortho nitro benzene ring substituents is 1. The minimum Gasteiger partial charge on any atom is -0.484 e. The molecular weight excluding hydrogens is 768 g/mol. The third-order valence-electron chi connectivity index (χ3n) is 7.55. The maximum atomic E-state index is 14.4. The SMILES string of the molecule is CC(C)N(Cc1cc([N+](=O)[O-])ccc1OC(CS(=O)(=O)c1ccc(Cl)cc1)c1ccc(Cl)cc1C(F)(F)F)C(=O)Sc1nnnn1-c1ccccc1. The molecule has 0 N–H and O–H groups in total. The van der Waals surface area contributed by atoms with Gasteiger partial charge in [-0.2, -0.15) is 17.9 Å². The van der Waals surface area contributed by atoms with Crippen LogP contribution in [0.1, 0.15) is 36.6 Å². The van der Waals surface area contributed by atoms with Gasteiger partial charge in [0.15, 0.2) is 9.84 Å². The van der Waals surface area contributed by atoms with Crippen LogP contribution in [0.5, 0.6) is 5.75 Å². The second-order valence-electron chi connectivity index (χ2n) is 11.4. The summed E-state index contributed by atoms with van der Waals surface area (Å²) < 4.78 is 77.8. The Morgan fingerprint density at radius 2 is 1.67 bits per heavy atom. The van der Waals surface area contributed by atoms with E-state index in [0.29, 0.717) is 23.5 Å². The van der Waals surface area contributed by atoms with Crippen LogP contribution in [0, 0.1) is 10.1 Å². The third kappa shape index (κ3) is 9.20. The molecule has 1 unspecified atom stereocenters. The van der Waals surface area contributed by atoms with Crippen molar-refractivity contribution in [3.8, 4) is 11.4 Å². The highest BCUT2D eigenvalue weighted by molar-refractivity contribution is 8.13. The van der Waals surface area contributed by atoms with E-state index in [1.165, 1.54) is 33.8 Å². The molecule has 272 valence electrons. The first-order valence-electron chi connectivity index (χ1n) is 15.1. The van der Waals surface area contributed by atoms with Crippen LogP contribution >= 0.6 is 35.0 Å². The summed E-state index contributed by atoms with van der Waals surface area (Å²) in [5, 5.41) is 22.9. The van der Waals surface area contributed by atoms with Crippen molar-refractivity contribution in [2.75, 3.05) is 5.75 Å². The number of nitro benzene ring substituents is 1. The highest BCUT2D eigenvalue weighted by Gasteiger charge is 2.38. The van der Waals surface area contributed by atoms with E-state index in [9.17, 15) is 36.5 Å². The number of benzene rings is 4. The average molecular weight is 796 g/mol. The van der Waals surface area contributed by atoms with Crippen LogP contribution in [-0.4, -0.2) is 55.5 Å². The molecule has 1 aromatic heterocycles. The van der Waals surface area contributed by atoms with Crippen molar-refractivity contribution in [3.05, 3.63) is 128 Å². The molecule has 0 saturated carbocycles. The maximum absolute atomic E-state index is 14.4. The smallest absolute Gasteiger partial charge is 0.416 e. The maximum Gasteiger partial charge on any atom is 0.416 e. The number of carbonyl (C=O) groups is 1. The van der Waals surface area contributed by atoms with Crippen molar-refractivity contribution < 1.29 is 36.0 Å². The topological polar surface area (TPSA) is 150 Å². The summed E-state index contributed by atoms with van der Waals surface area (Å²) in [4.78, 5) is 26.0. The van der Waals surface area contributed by atoms with E-state index in [2.05, 4.69) is 15.5 Å². The molecule has 12 nitrogen and oxygen atoms in total. The summed E-state index contributed by atoms with van der Waals surface area (Å²) in [5.74, 6) is -1.19. The van der Waals surface area contributed by atoms with E-state index in [1.807, 2.05) is 0 Å². The quantitative estimate of drug-likeness (QED) is 0.0682. The van der Waals surface area contributed by atoms with Crippen LogP contribution in [0.25, 0.3) is 5.69 Å². The fourth-order valence-electron chi connectivity index (χ4n) is 5.00. The number of amides is 1. The summed E-state index contributed by atoms with van der Waals surface area (Å²) in [6.07, 6.45) is -6.79. The molecule has 1 amide bonds. The van der Waals surface area contributed by atoms with Crippen molar-refractivity contribution in [1.29, 1.82) is 0 Å². The number of ether oxygens (including phenoxy) is 1. The number of para-hydroxylation sites is 1. The molecule has 5 rings (SSSR count). The van der Waals surface area contributed by atoms with Crippen LogP contribution in [0.15, 0.2) is 101 Å². The number of nitro groups is 1. The van der Waals surface area contributed by atoms with Crippen LogP contribution < -0.4 is 4.74 Å². The summed E-state index contributed by atoms with van der Waals surface area (Å²) in [6, 6.07) is 19.4. The van der Waals surface area contributed by atoms with Gasteiger partial charge in [0.25, 0.3) is 10.9 Å². The molecule has 0 fully saturated rings. The largest absolute Gasteiger partial charge is 0.484 e. The normalized spacial score (nSPS) is 12.5. The van der Waals surface area contributed by atoms with Crippen molar-refractivity contribution >= 4 is 55.7 Å². The standard InChI is InChI=1S/C33H27Cl2F3N6O6S2/c1-20(2)42(32(45)51-31-39-40-41-43(31)24-6-4-3-5-7-24)18-21-16-25(44(46)47)11-15-29(21)50-30(19-52(48,49)26-12-8-22(34)9-13-26)27-14-10-23(35)17-28(27)33(36,37)38/h3-17,20,30H,18-19H2,1-2H3. The fourth-order valence-corrected chi connectivity index (χ4v) is 7.54. The molecule has 0 saturated heterocycles. The Bertz CT molecular complexity index is 2190. The van der Waals surface area contributed by atoms with E-state index in [-0.39, 0.29) is 38.0 Å². The zero-order valence-electron chi connectivity index (χ0n) is 27.1. The van der Waals surface area contributed by atoms with Gasteiger partial charge in [0, 0.05) is 51.1 Å².